The Balaban J connectivity index is 1.56. The predicted molar refractivity (Wildman–Crippen MR) is 106 cm³/mol. The van der Waals surface area contributed by atoms with Gasteiger partial charge in [0.25, 0.3) is 5.78 Å². The van der Waals surface area contributed by atoms with Gasteiger partial charge in [-0.2, -0.15) is 9.50 Å². The number of aromatic nitrogens is 4. The Bertz CT molecular complexity index is 1030. The number of nitrogen functional groups attached to an aromatic ring is 1. The van der Waals surface area contributed by atoms with Crippen LogP contribution in [0.5, 0.6) is 5.75 Å². The summed E-state index contributed by atoms with van der Waals surface area (Å²) in [6.45, 7) is 4.51. The van der Waals surface area contributed by atoms with Crippen molar-refractivity contribution in [2.75, 3.05) is 18.9 Å². The number of fused-ring (bicyclic) bond motifs is 1. The quantitative estimate of drug-likeness (QED) is 0.599. The topological polar surface area (TPSA) is 107 Å². The van der Waals surface area contributed by atoms with Crippen molar-refractivity contribution in [2.24, 2.45) is 0 Å². The molecule has 1 aromatic carbocycles. The highest BCUT2D eigenvalue weighted by Gasteiger charge is 2.15. The highest BCUT2D eigenvalue weighted by Crippen LogP contribution is 2.15. The zero-order valence-electron chi connectivity index (χ0n) is 15.9. The van der Waals surface area contributed by atoms with Gasteiger partial charge in [-0.3, -0.25) is 4.79 Å². The number of nitrogens with zero attached hydrogens (tertiary/aromatic N) is 4. The minimum atomic E-state index is -0.0746. The van der Waals surface area contributed by atoms with E-state index in [4.69, 9.17) is 16.9 Å². The SMILES string of the molecule is C#CCOc1ccc(CCNC(=O)Cc2c(C)nc3nc(N)nn3c2C)cc1. The highest BCUT2D eigenvalue weighted by molar-refractivity contribution is 5.79. The van der Waals surface area contributed by atoms with Crippen molar-refractivity contribution in [1.29, 1.82) is 0 Å². The second-order valence-corrected chi connectivity index (χ2v) is 6.36. The van der Waals surface area contributed by atoms with Gasteiger partial charge in [-0.1, -0.05) is 18.1 Å². The van der Waals surface area contributed by atoms with Gasteiger partial charge in [-0.15, -0.1) is 11.5 Å². The molecule has 8 nitrogen and oxygen atoms in total. The molecule has 2 heterocycles. The largest absolute Gasteiger partial charge is 0.481 e. The van der Waals surface area contributed by atoms with E-state index < -0.39 is 0 Å². The van der Waals surface area contributed by atoms with Gasteiger partial charge in [-0.25, -0.2) is 4.98 Å². The van der Waals surface area contributed by atoms with Gasteiger partial charge in [0.2, 0.25) is 11.9 Å². The fraction of sp³-hybridized carbons (Fsp3) is 0.300. The van der Waals surface area contributed by atoms with E-state index in [9.17, 15) is 4.79 Å². The smallest absolute Gasteiger partial charge is 0.254 e. The average molecular weight is 378 g/mol. The molecule has 0 bridgehead atoms. The first kappa shape index (κ1) is 19.2. The lowest BCUT2D eigenvalue weighted by Crippen LogP contribution is -2.28. The Kier molecular flexibility index (Phi) is 5.75. The normalized spacial score (nSPS) is 10.6. The van der Waals surface area contributed by atoms with E-state index in [1.165, 1.54) is 0 Å². The molecule has 28 heavy (non-hydrogen) atoms. The summed E-state index contributed by atoms with van der Waals surface area (Å²) in [5.41, 5.74) is 9.11. The highest BCUT2D eigenvalue weighted by atomic mass is 16.5. The molecule has 3 aromatic rings. The maximum atomic E-state index is 12.4. The molecule has 0 saturated heterocycles. The Hall–Kier alpha value is -3.60. The predicted octanol–water partition coefficient (Wildman–Crippen LogP) is 1.24. The van der Waals surface area contributed by atoms with E-state index in [0.717, 1.165) is 34.7 Å². The fourth-order valence-electron chi connectivity index (χ4n) is 2.93. The summed E-state index contributed by atoms with van der Waals surface area (Å²) in [4.78, 5) is 20.8. The summed E-state index contributed by atoms with van der Waals surface area (Å²) in [5, 5.41) is 7.06. The third-order valence-electron chi connectivity index (χ3n) is 4.38. The summed E-state index contributed by atoms with van der Waals surface area (Å²) in [6.07, 6.45) is 6.11. The van der Waals surface area contributed by atoms with Crippen LogP contribution in [0.2, 0.25) is 0 Å². The molecule has 3 rings (SSSR count). The molecule has 3 N–H and O–H groups in total. The second-order valence-electron chi connectivity index (χ2n) is 6.36. The van der Waals surface area contributed by atoms with E-state index in [0.29, 0.717) is 12.3 Å². The van der Waals surface area contributed by atoms with Crippen LogP contribution in [0.25, 0.3) is 5.78 Å². The molecule has 0 saturated carbocycles. The zero-order valence-corrected chi connectivity index (χ0v) is 15.9. The lowest BCUT2D eigenvalue weighted by molar-refractivity contribution is -0.120. The number of aryl methyl sites for hydroxylation is 2. The number of terminal acetylenes is 1. The van der Waals surface area contributed by atoms with Gasteiger partial charge >= 0.3 is 0 Å². The molecule has 0 spiro atoms. The van der Waals surface area contributed by atoms with Crippen LogP contribution in [-0.2, 0) is 17.6 Å². The third kappa shape index (κ3) is 4.38. The minimum absolute atomic E-state index is 0.0746. The maximum Gasteiger partial charge on any atom is 0.254 e. The van der Waals surface area contributed by atoms with Crippen LogP contribution in [0.3, 0.4) is 0 Å². The van der Waals surface area contributed by atoms with E-state index >= 15 is 0 Å². The zero-order chi connectivity index (χ0) is 20.1. The summed E-state index contributed by atoms with van der Waals surface area (Å²) >= 11 is 0. The Morgan fingerprint density at radius 1 is 1.29 bits per heavy atom. The molecule has 0 unspecified atom stereocenters. The molecular formula is C20H22N6O2. The van der Waals surface area contributed by atoms with E-state index in [-0.39, 0.29) is 24.9 Å². The van der Waals surface area contributed by atoms with Crippen LogP contribution in [0.4, 0.5) is 5.95 Å². The van der Waals surface area contributed by atoms with Crippen LogP contribution in [0.1, 0.15) is 22.5 Å². The first-order valence-corrected chi connectivity index (χ1v) is 8.88. The number of amides is 1. The minimum Gasteiger partial charge on any atom is -0.481 e. The van der Waals surface area contributed by atoms with Crippen molar-refractivity contribution in [2.45, 2.75) is 26.7 Å². The van der Waals surface area contributed by atoms with Gasteiger partial charge in [-0.05, 0) is 38.0 Å². The number of carbonyl (C=O) groups excluding carboxylic acids is 1. The van der Waals surface area contributed by atoms with Crippen LogP contribution < -0.4 is 15.8 Å². The van der Waals surface area contributed by atoms with E-state index in [1.54, 1.807) is 4.52 Å². The molecule has 144 valence electrons. The number of rotatable bonds is 7. The Labute approximate surface area is 163 Å². The summed E-state index contributed by atoms with van der Waals surface area (Å²) in [7, 11) is 0. The molecule has 2 aromatic heterocycles. The molecule has 0 radical (unpaired) electrons. The Morgan fingerprint density at radius 2 is 2.04 bits per heavy atom. The van der Waals surface area contributed by atoms with Crippen LogP contribution in [0, 0.1) is 26.2 Å². The van der Waals surface area contributed by atoms with Gasteiger partial charge in [0.1, 0.15) is 12.4 Å². The number of ether oxygens (including phenoxy) is 1. The fourth-order valence-corrected chi connectivity index (χ4v) is 2.93. The molecule has 0 fully saturated rings. The number of hydrogen-bond acceptors (Lipinski definition) is 6. The molecule has 0 atom stereocenters. The molecule has 0 aliphatic carbocycles. The van der Waals surface area contributed by atoms with Crippen molar-refractivity contribution in [3.8, 4) is 18.1 Å². The summed E-state index contributed by atoms with van der Waals surface area (Å²) in [6, 6.07) is 7.65. The summed E-state index contributed by atoms with van der Waals surface area (Å²) in [5.74, 6) is 3.68. The number of benzene rings is 1. The van der Waals surface area contributed by atoms with Gasteiger partial charge in [0.15, 0.2) is 0 Å². The second kappa shape index (κ2) is 8.39. The van der Waals surface area contributed by atoms with Crippen molar-refractivity contribution in [1.82, 2.24) is 24.9 Å². The number of nitrogens with one attached hydrogen (secondary N) is 1. The van der Waals surface area contributed by atoms with Gasteiger partial charge in [0, 0.05) is 23.5 Å². The molecule has 1 amide bonds. The van der Waals surface area contributed by atoms with Crippen LogP contribution in [0.15, 0.2) is 24.3 Å². The number of anilines is 1. The summed E-state index contributed by atoms with van der Waals surface area (Å²) < 4.78 is 6.91. The number of carbonyl (C=O) groups is 1. The third-order valence-corrected chi connectivity index (χ3v) is 4.38. The standard InChI is InChI=1S/C20H22N6O2/c1-4-11-28-16-7-5-15(6-8-16)9-10-22-18(27)12-17-13(2)23-20-24-19(21)25-26(20)14(17)3/h1,5-8H,9-12H2,2-3H3,(H2,21,25)(H,22,27). The van der Waals surface area contributed by atoms with E-state index in [2.05, 4.69) is 26.3 Å². The molecular weight excluding hydrogens is 356 g/mol. The van der Waals surface area contributed by atoms with Gasteiger partial charge in [0.05, 0.1) is 6.42 Å². The van der Waals surface area contributed by atoms with Crippen molar-refractivity contribution < 1.29 is 9.53 Å². The van der Waals surface area contributed by atoms with Crippen molar-refractivity contribution >= 4 is 17.6 Å². The van der Waals surface area contributed by atoms with E-state index in [1.807, 2.05) is 38.1 Å². The van der Waals surface area contributed by atoms with Crippen molar-refractivity contribution in [3.63, 3.8) is 0 Å². The van der Waals surface area contributed by atoms with Crippen LogP contribution >= 0.6 is 0 Å². The first-order valence-electron chi connectivity index (χ1n) is 8.88. The monoisotopic (exact) mass is 378 g/mol. The van der Waals surface area contributed by atoms with Crippen LogP contribution in [-0.4, -0.2) is 38.6 Å². The first-order chi connectivity index (χ1) is 13.5. The maximum absolute atomic E-state index is 12.4. The Morgan fingerprint density at radius 3 is 2.75 bits per heavy atom. The lowest BCUT2D eigenvalue weighted by Gasteiger charge is -2.11. The molecule has 8 heteroatoms. The molecule has 0 aliphatic heterocycles. The number of hydrogen-bond donors (Lipinski definition) is 2. The number of nitrogens with two attached hydrogens (primary N) is 1. The van der Waals surface area contributed by atoms with Gasteiger partial charge < -0.3 is 15.8 Å². The lowest BCUT2D eigenvalue weighted by atomic mass is 10.1. The molecule has 0 aliphatic rings. The van der Waals surface area contributed by atoms with Crippen molar-refractivity contribution in [3.05, 3.63) is 46.8 Å². The average Bonchev–Trinajstić information content (AvgIpc) is 3.05.